The van der Waals surface area contributed by atoms with Gasteiger partial charge in [0.2, 0.25) is 0 Å². The first-order valence-corrected chi connectivity index (χ1v) is 11.0. The molecule has 0 saturated heterocycles. The third kappa shape index (κ3) is 3.71. The number of nitro benzene ring substituents is 1. The zero-order valence-corrected chi connectivity index (χ0v) is 18.4. The van der Waals surface area contributed by atoms with Gasteiger partial charge in [0.15, 0.2) is 5.75 Å². The van der Waals surface area contributed by atoms with Crippen molar-refractivity contribution in [3.8, 4) is 5.75 Å². The van der Waals surface area contributed by atoms with Gasteiger partial charge in [-0.15, -0.1) is 11.3 Å². The molecule has 10 heteroatoms. The summed E-state index contributed by atoms with van der Waals surface area (Å²) in [6, 6.07) is 6.54. The second kappa shape index (κ2) is 7.64. The molecule has 1 aliphatic heterocycles. The van der Waals surface area contributed by atoms with Gasteiger partial charge in [0, 0.05) is 30.0 Å². The van der Waals surface area contributed by atoms with E-state index in [0.717, 1.165) is 43.7 Å². The summed E-state index contributed by atoms with van der Waals surface area (Å²) >= 11 is 1.55. The van der Waals surface area contributed by atoms with Crippen molar-refractivity contribution in [1.82, 2.24) is 15.0 Å². The molecule has 164 valence electrons. The summed E-state index contributed by atoms with van der Waals surface area (Å²) in [6.07, 6.45) is 2.83. The molecule has 0 saturated carbocycles. The van der Waals surface area contributed by atoms with Crippen molar-refractivity contribution in [1.29, 1.82) is 0 Å². The SMILES string of the molecule is CC1(C)Cc2nc3sc4c(NCCc5ccc(O)c([N+](=O)[O-])c5)ncnc4c3cc2CO1. The molecular weight excluding hydrogens is 430 g/mol. The normalized spacial score (nSPS) is 15.1. The highest BCUT2D eigenvalue weighted by Gasteiger charge is 2.28. The molecule has 1 aromatic carbocycles. The first-order chi connectivity index (χ1) is 15.3. The Balaban J connectivity index is 1.41. The zero-order valence-electron chi connectivity index (χ0n) is 17.6. The minimum absolute atomic E-state index is 0.222. The fourth-order valence-electron chi connectivity index (χ4n) is 3.91. The summed E-state index contributed by atoms with van der Waals surface area (Å²) in [4.78, 5) is 25.2. The third-order valence-electron chi connectivity index (χ3n) is 5.57. The number of nitrogens with zero attached hydrogens (tertiary/aromatic N) is 4. The summed E-state index contributed by atoms with van der Waals surface area (Å²) < 4.78 is 6.86. The minimum Gasteiger partial charge on any atom is -0.502 e. The highest BCUT2D eigenvalue weighted by molar-refractivity contribution is 7.25. The van der Waals surface area contributed by atoms with Crippen LogP contribution < -0.4 is 5.32 Å². The van der Waals surface area contributed by atoms with E-state index in [2.05, 4.69) is 35.2 Å². The van der Waals surface area contributed by atoms with E-state index < -0.39 is 4.92 Å². The van der Waals surface area contributed by atoms with E-state index >= 15 is 0 Å². The highest BCUT2D eigenvalue weighted by Crippen LogP contribution is 2.38. The Morgan fingerprint density at radius 3 is 2.97 bits per heavy atom. The molecule has 1 aliphatic rings. The van der Waals surface area contributed by atoms with Gasteiger partial charge in [0.05, 0.1) is 33.0 Å². The molecule has 0 aliphatic carbocycles. The predicted octanol–water partition coefficient (Wildman–Crippen LogP) is 4.36. The number of nitrogens with one attached hydrogen (secondary N) is 1. The molecule has 0 fully saturated rings. The largest absolute Gasteiger partial charge is 0.502 e. The number of rotatable bonds is 5. The van der Waals surface area contributed by atoms with E-state index in [0.29, 0.717) is 25.4 Å². The Morgan fingerprint density at radius 2 is 2.16 bits per heavy atom. The van der Waals surface area contributed by atoms with Crippen molar-refractivity contribution >= 4 is 43.3 Å². The van der Waals surface area contributed by atoms with Gasteiger partial charge in [0.1, 0.15) is 17.0 Å². The molecule has 4 aromatic rings. The molecule has 2 N–H and O–H groups in total. The average Bonchev–Trinajstić information content (AvgIpc) is 3.11. The molecule has 5 rings (SSSR count). The van der Waals surface area contributed by atoms with Crippen LogP contribution in [-0.2, 0) is 24.2 Å². The van der Waals surface area contributed by atoms with E-state index in [1.807, 2.05) is 0 Å². The Morgan fingerprint density at radius 1 is 1.31 bits per heavy atom. The first-order valence-electron chi connectivity index (χ1n) is 10.2. The van der Waals surface area contributed by atoms with Crippen molar-refractivity contribution < 1.29 is 14.8 Å². The van der Waals surface area contributed by atoms with Gasteiger partial charge in [0.25, 0.3) is 0 Å². The zero-order chi connectivity index (χ0) is 22.5. The van der Waals surface area contributed by atoms with E-state index in [4.69, 9.17) is 9.72 Å². The van der Waals surface area contributed by atoms with Crippen LogP contribution in [0.5, 0.6) is 5.75 Å². The lowest BCUT2D eigenvalue weighted by molar-refractivity contribution is -0.385. The van der Waals surface area contributed by atoms with Gasteiger partial charge in [-0.05, 0) is 38.0 Å². The first kappa shape index (κ1) is 20.5. The Hall–Kier alpha value is -3.37. The van der Waals surface area contributed by atoms with Crippen molar-refractivity contribution in [3.05, 3.63) is 57.5 Å². The van der Waals surface area contributed by atoms with Crippen molar-refractivity contribution in [2.24, 2.45) is 0 Å². The lowest BCUT2D eigenvalue weighted by Crippen LogP contribution is -2.32. The number of aromatic hydroxyl groups is 1. The van der Waals surface area contributed by atoms with Crippen molar-refractivity contribution in [3.63, 3.8) is 0 Å². The van der Waals surface area contributed by atoms with Gasteiger partial charge >= 0.3 is 5.69 Å². The number of fused-ring (bicyclic) bond motifs is 4. The van der Waals surface area contributed by atoms with E-state index in [1.165, 1.54) is 18.5 Å². The van der Waals surface area contributed by atoms with Gasteiger partial charge in [-0.25, -0.2) is 15.0 Å². The number of hydrogen-bond acceptors (Lipinski definition) is 9. The molecule has 9 nitrogen and oxygen atoms in total. The maximum Gasteiger partial charge on any atom is 0.310 e. The number of thiophene rings is 1. The molecule has 0 atom stereocenters. The predicted molar refractivity (Wildman–Crippen MR) is 122 cm³/mol. The molecule has 0 bridgehead atoms. The van der Waals surface area contributed by atoms with Crippen LogP contribution in [0.25, 0.3) is 20.4 Å². The smallest absolute Gasteiger partial charge is 0.310 e. The van der Waals surface area contributed by atoms with Crippen LogP contribution in [0.15, 0.2) is 30.6 Å². The van der Waals surface area contributed by atoms with E-state index in [9.17, 15) is 15.2 Å². The van der Waals surface area contributed by atoms with E-state index in [-0.39, 0.29) is 17.0 Å². The number of benzene rings is 1. The Bertz CT molecular complexity index is 1370. The maximum absolute atomic E-state index is 11.0. The highest BCUT2D eigenvalue weighted by atomic mass is 32.1. The number of aromatic nitrogens is 3. The van der Waals surface area contributed by atoms with E-state index in [1.54, 1.807) is 17.4 Å². The van der Waals surface area contributed by atoms with Crippen LogP contribution >= 0.6 is 11.3 Å². The van der Waals surface area contributed by atoms with Crippen LogP contribution in [0.4, 0.5) is 11.5 Å². The fourth-order valence-corrected chi connectivity index (χ4v) is 5.00. The third-order valence-corrected chi connectivity index (χ3v) is 6.66. The maximum atomic E-state index is 11.0. The number of nitro groups is 1. The molecule has 4 heterocycles. The van der Waals surface area contributed by atoms with Gasteiger partial charge in [-0.3, -0.25) is 10.1 Å². The lowest BCUT2D eigenvalue weighted by atomic mass is 9.95. The quantitative estimate of drug-likeness (QED) is 0.339. The van der Waals surface area contributed by atoms with Crippen molar-refractivity contribution in [2.45, 2.75) is 38.9 Å². The molecule has 0 radical (unpaired) electrons. The standard InChI is InChI=1S/C22H21N5O4S/c1-22(2)9-15-13(10-31-22)8-14-18-19(32-21(14)26-15)20(25-11-24-18)23-6-5-12-3-4-17(28)16(7-12)27(29)30/h3-4,7-8,11,28H,5-6,9-10H2,1-2H3,(H,23,24,25). The number of anilines is 1. The number of pyridine rings is 1. The second-order valence-corrected chi connectivity index (χ2v) is 9.43. The molecule has 3 aromatic heterocycles. The lowest BCUT2D eigenvalue weighted by Gasteiger charge is -2.30. The molecule has 0 amide bonds. The summed E-state index contributed by atoms with van der Waals surface area (Å²) in [5, 5.41) is 25.0. The number of hydrogen-bond donors (Lipinski definition) is 2. The van der Waals surface area contributed by atoms with Crippen LogP contribution in [-0.4, -0.2) is 37.1 Å². The number of phenolic OH excluding ortho intramolecular Hbond substituents is 1. The van der Waals surface area contributed by atoms with Gasteiger partial charge in [-0.1, -0.05) is 6.07 Å². The summed E-state index contributed by atoms with van der Waals surface area (Å²) in [7, 11) is 0. The van der Waals surface area contributed by atoms with Gasteiger partial charge < -0.3 is 15.2 Å². The summed E-state index contributed by atoms with van der Waals surface area (Å²) in [5.41, 5.74) is 3.25. The Labute approximate surface area is 187 Å². The van der Waals surface area contributed by atoms with Gasteiger partial charge in [-0.2, -0.15) is 0 Å². The molecule has 32 heavy (non-hydrogen) atoms. The van der Waals surface area contributed by atoms with Crippen LogP contribution in [0, 0.1) is 10.1 Å². The van der Waals surface area contributed by atoms with Crippen molar-refractivity contribution in [2.75, 3.05) is 11.9 Å². The molecule has 0 unspecified atom stereocenters. The van der Waals surface area contributed by atoms with Crippen LogP contribution in [0.1, 0.15) is 30.7 Å². The molecular formula is C22H21N5O4S. The van der Waals surface area contributed by atoms with Crippen LogP contribution in [0.3, 0.4) is 0 Å². The Kier molecular flexibility index (Phi) is 4.90. The fraction of sp³-hybridized carbons (Fsp3) is 0.318. The van der Waals surface area contributed by atoms with Crippen LogP contribution in [0.2, 0.25) is 0 Å². The monoisotopic (exact) mass is 451 g/mol. The summed E-state index contributed by atoms with van der Waals surface area (Å²) in [5.74, 6) is 0.374. The average molecular weight is 452 g/mol. The minimum atomic E-state index is -0.587. The number of ether oxygens (including phenoxy) is 1. The topological polar surface area (TPSA) is 123 Å². The molecule has 0 spiro atoms. The second-order valence-electron chi connectivity index (χ2n) is 8.43. The summed E-state index contributed by atoms with van der Waals surface area (Å²) in [6.45, 7) is 5.21. The number of phenols is 1.